The quantitative estimate of drug-likeness (QED) is 0.856. The number of aliphatic hydroxyl groups excluding tert-OH is 1. The van der Waals surface area contributed by atoms with Gasteiger partial charge < -0.3 is 10.4 Å². The molecule has 2 rings (SSSR count). The third-order valence-corrected chi connectivity index (χ3v) is 3.80. The van der Waals surface area contributed by atoms with Crippen molar-refractivity contribution in [3.05, 3.63) is 57.0 Å². The number of benzene rings is 1. The van der Waals surface area contributed by atoms with E-state index in [2.05, 4.69) is 17.2 Å². The average molecular weight is 303 g/mol. The van der Waals surface area contributed by atoms with Gasteiger partial charge in [-0.15, -0.1) is 11.3 Å². The number of nitrogens with one attached hydrogen (secondary N) is 1. The van der Waals surface area contributed by atoms with Crippen LogP contribution < -0.4 is 5.32 Å². The Morgan fingerprint density at radius 1 is 1.38 bits per heavy atom. The molecule has 0 fully saturated rings. The SMILES string of the molecule is Cc1cc(C(=O)NCc2ccc(C#CCO)s2)ccc1F. The average Bonchev–Trinajstić information content (AvgIpc) is 2.93. The first-order chi connectivity index (χ1) is 10.1. The van der Waals surface area contributed by atoms with Crippen molar-refractivity contribution in [3.8, 4) is 11.8 Å². The fraction of sp³-hybridized carbons (Fsp3) is 0.188. The van der Waals surface area contributed by atoms with E-state index in [0.717, 1.165) is 9.75 Å². The normalized spacial score (nSPS) is 9.86. The molecule has 0 aliphatic carbocycles. The molecular formula is C16H14FNO2S. The molecule has 0 saturated carbocycles. The Labute approximate surface area is 126 Å². The second-order valence-corrected chi connectivity index (χ2v) is 5.54. The van der Waals surface area contributed by atoms with Gasteiger partial charge in [-0.3, -0.25) is 4.79 Å². The van der Waals surface area contributed by atoms with Gasteiger partial charge >= 0.3 is 0 Å². The van der Waals surface area contributed by atoms with Crippen molar-refractivity contribution in [1.29, 1.82) is 0 Å². The van der Waals surface area contributed by atoms with Gasteiger partial charge in [0.25, 0.3) is 5.91 Å². The van der Waals surface area contributed by atoms with Gasteiger partial charge in [-0.05, 0) is 42.8 Å². The standard InChI is InChI=1S/C16H14FNO2S/c1-11-9-12(4-7-15(11)17)16(20)18-10-14-6-5-13(21-14)3-2-8-19/h4-7,9,19H,8,10H2,1H3,(H,18,20). The predicted molar refractivity (Wildman–Crippen MR) is 80.6 cm³/mol. The number of hydrogen-bond acceptors (Lipinski definition) is 3. The summed E-state index contributed by atoms with van der Waals surface area (Å²) >= 11 is 1.46. The van der Waals surface area contributed by atoms with E-state index in [1.165, 1.54) is 29.5 Å². The lowest BCUT2D eigenvalue weighted by atomic mass is 10.1. The van der Waals surface area contributed by atoms with Crippen LogP contribution in [0, 0.1) is 24.6 Å². The Hall–Kier alpha value is -2.16. The molecule has 1 heterocycles. The molecule has 0 aliphatic rings. The first kappa shape index (κ1) is 15.2. The Morgan fingerprint density at radius 2 is 2.19 bits per heavy atom. The molecule has 0 bridgehead atoms. The van der Waals surface area contributed by atoms with E-state index in [1.807, 2.05) is 12.1 Å². The number of aryl methyl sites for hydroxylation is 1. The summed E-state index contributed by atoms with van der Waals surface area (Å²) in [6, 6.07) is 8.00. The fourth-order valence-corrected chi connectivity index (χ4v) is 2.54. The zero-order chi connectivity index (χ0) is 15.2. The molecule has 1 aromatic carbocycles. The van der Waals surface area contributed by atoms with Crippen LogP contribution in [0.5, 0.6) is 0 Å². The molecule has 0 atom stereocenters. The van der Waals surface area contributed by atoms with Crippen LogP contribution in [-0.2, 0) is 6.54 Å². The van der Waals surface area contributed by atoms with Crippen molar-refractivity contribution in [2.24, 2.45) is 0 Å². The number of halogens is 1. The molecule has 2 N–H and O–H groups in total. The molecule has 0 spiro atoms. The summed E-state index contributed by atoms with van der Waals surface area (Å²) in [7, 11) is 0. The Kier molecular flexibility index (Phi) is 5.09. The zero-order valence-electron chi connectivity index (χ0n) is 11.4. The summed E-state index contributed by atoms with van der Waals surface area (Å²) in [6.07, 6.45) is 0. The molecule has 21 heavy (non-hydrogen) atoms. The van der Waals surface area contributed by atoms with E-state index < -0.39 is 0 Å². The minimum atomic E-state index is -0.322. The second-order valence-electron chi connectivity index (χ2n) is 4.37. The van der Waals surface area contributed by atoms with Gasteiger partial charge in [0.1, 0.15) is 12.4 Å². The maximum Gasteiger partial charge on any atom is 0.251 e. The van der Waals surface area contributed by atoms with Crippen molar-refractivity contribution in [2.45, 2.75) is 13.5 Å². The van der Waals surface area contributed by atoms with Gasteiger partial charge in [0.2, 0.25) is 0 Å². The number of amides is 1. The van der Waals surface area contributed by atoms with Crippen molar-refractivity contribution >= 4 is 17.2 Å². The largest absolute Gasteiger partial charge is 0.384 e. The maximum atomic E-state index is 13.2. The van der Waals surface area contributed by atoms with E-state index in [4.69, 9.17) is 5.11 Å². The highest BCUT2D eigenvalue weighted by molar-refractivity contribution is 7.12. The predicted octanol–water partition coefficient (Wildman–Crippen LogP) is 2.47. The van der Waals surface area contributed by atoms with Crippen LogP contribution in [0.3, 0.4) is 0 Å². The van der Waals surface area contributed by atoms with E-state index in [1.54, 1.807) is 6.92 Å². The van der Waals surface area contributed by atoms with Crippen molar-refractivity contribution in [2.75, 3.05) is 6.61 Å². The highest BCUT2D eigenvalue weighted by Crippen LogP contribution is 2.15. The molecule has 2 aromatic rings. The van der Waals surface area contributed by atoms with Crippen molar-refractivity contribution in [1.82, 2.24) is 5.32 Å². The number of carbonyl (C=O) groups excluding carboxylic acids is 1. The van der Waals surface area contributed by atoms with Gasteiger partial charge in [0.15, 0.2) is 0 Å². The first-order valence-corrected chi connectivity index (χ1v) is 7.14. The molecule has 1 amide bonds. The van der Waals surface area contributed by atoms with E-state index in [0.29, 0.717) is 17.7 Å². The molecule has 1 aromatic heterocycles. The summed E-state index contributed by atoms with van der Waals surface area (Å²) in [6.45, 7) is 1.84. The highest BCUT2D eigenvalue weighted by atomic mass is 32.1. The fourth-order valence-electron chi connectivity index (χ4n) is 1.72. The maximum absolute atomic E-state index is 13.2. The molecule has 0 aliphatic heterocycles. The Bertz CT molecular complexity index is 713. The van der Waals surface area contributed by atoms with Gasteiger partial charge in [-0.25, -0.2) is 4.39 Å². The van der Waals surface area contributed by atoms with Crippen LogP contribution in [0.25, 0.3) is 0 Å². The monoisotopic (exact) mass is 303 g/mol. The Morgan fingerprint density at radius 3 is 2.90 bits per heavy atom. The van der Waals surface area contributed by atoms with Gasteiger partial charge in [-0.2, -0.15) is 0 Å². The van der Waals surface area contributed by atoms with Crippen LogP contribution in [0.15, 0.2) is 30.3 Å². The Balaban J connectivity index is 1.97. The zero-order valence-corrected chi connectivity index (χ0v) is 12.3. The molecule has 0 unspecified atom stereocenters. The van der Waals surface area contributed by atoms with Gasteiger partial charge in [0.05, 0.1) is 11.4 Å². The van der Waals surface area contributed by atoms with E-state index in [9.17, 15) is 9.18 Å². The van der Waals surface area contributed by atoms with Crippen molar-refractivity contribution in [3.63, 3.8) is 0 Å². The summed E-state index contributed by atoms with van der Waals surface area (Å²) in [5.41, 5.74) is 0.881. The number of aliphatic hydroxyl groups is 1. The molecule has 0 saturated heterocycles. The van der Waals surface area contributed by atoms with E-state index in [-0.39, 0.29) is 18.3 Å². The number of carbonyl (C=O) groups is 1. The lowest BCUT2D eigenvalue weighted by Crippen LogP contribution is -2.22. The van der Waals surface area contributed by atoms with Gasteiger partial charge in [0, 0.05) is 10.4 Å². The van der Waals surface area contributed by atoms with Crippen LogP contribution in [-0.4, -0.2) is 17.6 Å². The third kappa shape index (κ3) is 4.15. The summed E-state index contributed by atoms with van der Waals surface area (Å²) < 4.78 is 13.2. The lowest BCUT2D eigenvalue weighted by Gasteiger charge is -2.05. The number of rotatable bonds is 3. The number of thiophene rings is 1. The van der Waals surface area contributed by atoms with Crippen LogP contribution in [0.4, 0.5) is 4.39 Å². The summed E-state index contributed by atoms with van der Waals surface area (Å²) in [5.74, 6) is 4.82. The summed E-state index contributed by atoms with van der Waals surface area (Å²) in [4.78, 5) is 13.8. The topological polar surface area (TPSA) is 49.3 Å². The van der Waals surface area contributed by atoms with Gasteiger partial charge in [-0.1, -0.05) is 11.8 Å². The van der Waals surface area contributed by atoms with E-state index >= 15 is 0 Å². The molecule has 0 radical (unpaired) electrons. The van der Waals surface area contributed by atoms with Crippen LogP contribution in [0.1, 0.15) is 25.7 Å². The highest BCUT2D eigenvalue weighted by Gasteiger charge is 2.08. The lowest BCUT2D eigenvalue weighted by molar-refractivity contribution is 0.0951. The second kappa shape index (κ2) is 7.02. The van der Waals surface area contributed by atoms with Crippen molar-refractivity contribution < 1.29 is 14.3 Å². The molecule has 5 heteroatoms. The smallest absolute Gasteiger partial charge is 0.251 e. The molecule has 3 nitrogen and oxygen atoms in total. The minimum Gasteiger partial charge on any atom is -0.384 e. The number of hydrogen-bond donors (Lipinski definition) is 2. The molecular weight excluding hydrogens is 289 g/mol. The molecule has 108 valence electrons. The van der Waals surface area contributed by atoms with Crippen LogP contribution >= 0.6 is 11.3 Å². The summed E-state index contributed by atoms with van der Waals surface area (Å²) in [5, 5.41) is 11.4. The minimum absolute atomic E-state index is 0.173. The first-order valence-electron chi connectivity index (χ1n) is 6.33. The van der Waals surface area contributed by atoms with Crippen LogP contribution in [0.2, 0.25) is 0 Å². The third-order valence-electron chi connectivity index (χ3n) is 2.80.